The lowest BCUT2D eigenvalue weighted by molar-refractivity contribution is 0.0601. The monoisotopic (exact) mass is 301 g/mol. The highest BCUT2D eigenvalue weighted by atomic mass is 16.5. The van der Waals surface area contributed by atoms with Crippen LogP contribution in [0.25, 0.3) is 10.9 Å². The predicted octanol–water partition coefficient (Wildman–Crippen LogP) is 0.750. The van der Waals surface area contributed by atoms with Crippen LogP contribution in [0.4, 0.5) is 11.8 Å². The zero-order valence-corrected chi connectivity index (χ0v) is 12.7. The van der Waals surface area contributed by atoms with Crippen LogP contribution >= 0.6 is 0 Å². The Morgan fingerprint density at radius 3 is 2.64 bits per heavy atom. The van der Waals surface area contributed by atoms with E-state index in [0.29, 0.717) is 11.1 Å². The number of rotatable bonds is 2. The highest BCUT2D eigenvalue weighted by Crippen LogP contribution is 2.26. The second-order valence-electron chi connectivity index (χ2n) is 5.42. The van der Waals surface area contributed by atoms with E-state index < -0.39 is 0 Å². The first-order valence-corrected chi connectivity index (χ1v) is 7.17. The highest BCUT2D eigenvalue weighted by Gasteiger charge is 2.19. The third-order valence-electron chi connectivity index (χ3n) is 3.92. The predicted molar refractivity (Wildman–Crippen MR) is 85.0 cm³/mol. The number of ether oxygens (including phenoxy) is 1. The van der Waals surface area contributed by atoms with Crippen LogP contribution in [0, 0.1) is 0 Å². The number of likely N-dealkylation sites (N-methyl/N-ethyl adjacent to an activating group) is 1. The molecule has 0 bridgehead atoms. The van der Waals surface area contributed by atoms with Crippen molar-refractivity contribution < 1.29 is 9.53 Å². The Balaban J connectivity index is 2.05. The number of fused-ring (bicyclic) bond motifs is 1. The van der Waals surface area contributed by atoms with Crippen molar-refractivity contribution in [2.45, 2.75) is 0 Å². The van der Waals surface area contributed by atoms with Crippen molar-refractivity contribution in [3.63, 3.8) is 0 Å². The summed E-state index contributed by atoms with van der Waals surface area (Å²) in [4.78, 5) is 24.8. The molecule has 1 fully saturated rings. The molecule has 0 saturated carbocycles. The van der Waals surface area contributed by atoms with Gasteiger partial charge in [-0.25, -0.2) is 9.78 Å². The van der Waals surface area contributed by atoms with Crippen molar-refractivity contribution >= 4 is 28.6 Å². The Morgan fingerprint density at radius 2 is 1.95 bits per heavy atom. The molecule has 7 heteroatoms. The van der Waals surface area contributed by atoms with Gasteiger partial charge in [-0.2, -0.15) is 4.98 Å². The number of piperazine rings is 1. The largest absolute Gasteiger partial charge is 0.465 e. The van der Waals surface area contributed by atoms with Gasteiger partial charge in [-0.3, -0.25) is 0 Å². The summed E-state index contributed by atoms with van der Waals surface area (Å²) in [5.41, 5.74) is 6.95. The number of esters is 1. The quantitative estimate of drug-likeness (QED) is 0.819. The molecule has 7 nitrogen and oxygen atoms in total. The molecule has 1 aromatic heterocycles. The summed E-state index contributed by atoms with van der Waals surface area (Å²) in [6, 6.07) is 5.28. The molecule has 2 N–H and O–H groups in total. The van der Waals surface area contributed by atoms with Crippen LogP contribution in [-0.2, 0) is 4.74 Å². The molecule has 1 aliphatic heterocycles. The van der Waals surface area contributed by atoms with Crippen molar-refractivity contribution in [3.05, 3.63) is 23.8 Å². The van der Waals surface area contributed by atoms with Crippen molar-refractivity contribution in [1.82, 2.24) is 14.9 Å². The van der Waals surface area contributed by atoms with Gasteiger partial charge >= 0.3 is 5.97 Å². The van der Waals surface area contributed by atoms with Crippen molar-refractivity contribution in [2.24, 2.45) is 0 Å². The minimum Gasteiger partial charge on any atom is -0.465 e. The van der Waals surface area contributed by atoms with Crippen LogP contribution in [0.5, 0.6) is 0 Å². The first-order valence-electron chi connectivity index (χ1n) is 7.17. The Morgan fingerprint density at radius 1 is 1.23 bits per heavy atom. The summed E-state index contributed by atoms with van der Waals surface area (Å²) in [7, 11) is 3.46. The molecule has 22 heavy (non-hydrogen) atoms. The minimum atomic E-state index is -0.389. The lowest BCUT2D eigenvalue weighted by Gasteiger charge is -2.33. The van der Waals surface area contributed by atoms with Crippen LogP contribution in [0.1, 0.15) is 10.4 Å². The average Bonchev–Trinajstić information content (AvgIpc) is 2.53. The Bertz CT molecular complexity index is 710. The molecular formula is C15H19N5O2. The van der Waals surface area contributed by atoms with Crippen LogP contribution < -0.4 is 10.6 Å². The maximum Gasteiger partial charge on any atom is 0.337 e. The molecule has 0 radical (unpaired) electrons. The van der Waals surface area contributed by atoms with Gasteiger partial charge in [0.25, 0.3) is 0 Å². The molecule has 1 aliphatic rings. The van der Waals surface area contributed by atoms with E-state index in [1.165, 1.54) is 7.11 Å². The van der Waals surface area contributed by atoms with Gasteiger partial charge in [0, 0.05) is 31.6 Å². The van der Waals surface area contributed by atoms with Crippen LogP contribution in [0.15, 0.2) is 18.2 Å². The molecule has 0 spiro atoms. The molecule has 2 aromatic rings. The van der Waals surface area contributed by atoms with Crippen LogP contribution in [0.3, 0.4) is 0 Å². The molecule has 1 saturated heterocycles. The van der Waals surface area contributed by atoms with Gasteiger partial charge in [0.2, 0.25) is 5.95 Å². The number of nitrogen functional groups attached to an aromatic ring is 1. The second-order valence-corrected chi connectivity index (χ2v) is 5.42. The number of benzene rings is 1. The number of carbonyl (C=O) groups is 1. The average molecular weight is 301 g/mol. The van der Waals surface area contributed by atoms with Gasteiger partial charge in [-0.1, -0.05) is 0 Å². The van der Waals surface area contributed by atoms with Crippen molar-refractivity contribution in [1.29, 1.82) is 0 Å². The zero-order chi connectivity index (χ0) is 15.7. The first-order chi connectivity index (χ1) is 10.6. The number of nitrogens with zero attached hydrogens (tertiary/aromatic N) is 4. The number of hydrogen-bond acceptors (Lipinski definition) is 7. The fourth-order valence-electron chi connectivity index (χ4n) is 2.63. The number of hydrogen-bond donors (Lipinski definition) is 1. The van der Waals surface area contributed by atoms with Crippen molar-refractivity contribution in [2.75, 3.05) is 51.0 Å². The maximum atomic E-state index is 11.7. The van der Waals surface area contributed by atoms with E-state index in [1.54, 1.807) is 12.1 Å². The summed E-state index contributed by atoms with van der Waals surface area (Å²) in [6.07, 6.45) is 0. The summed E-state index contributed by atoms with van der Waals surface area (Å²) in [6.45, 7) is 3.74. The van der Waals surface area contributed by atoms with E-state index >= 15 is 0 Å². The van der Waals surface area contributed by atoms with E-state index in [9.17, 15) is 4.79 Å². The van der Waals surface area contributed by atoms with Gasteiger partial charge in [0.1, 0.15) is 5.82 Å². The smallest absolute Gasteiger partial charge is 0.337 e. The maximum absolute atomic E-state index is 11.7. The van der Waals surface area contributed by atoms with Gasteiger partial charge in [0.15, 0.2) is 0 Å². The summed E-state index contributed by atoms with van der Waals surface area (Å²) in [5, 5.41) is 0.895. The van der Waals surface area contributed by atoms with Gasteiger partial charge in [-0.05, 0) is 25.2 Å². The zero-order valence-electron chi connectivity index (χ0n) is 12.7. The molecule has 0 atom stereocenters. The second kappa shape index (κ2) is 5.76. The first kappa shape index (κ1) is 14.5. The van der Waals surface area contributed by atoms with Gasteiger partial charge in [0.05, 0.1) is 18.2 Å². The molecular weight excluding hydrogens is 282 g/mol. The molecule has 0 unspecified atom stereocenters. The lowest BCUT2D eigenvalue weighted by atomic mass is 10.1. The third-order valence-corrected chi connectivity index (χ3v) is 3.92. The molecule has 2 heterocycles. The summed E-state index contributed by atoms with van der Waals surface area (Å²) < 4.78 is 4.74. The summed E-state index contributed by atoms with van der Waals surface area (Å²) in [5.74, 6) is 0.649. The van der Waals surface area contributed by atoms with E-state index in [4.69, 9.17) is 10.5 Å². The molecule has 0 amide bonds. The number of carbonyl (C=O) groups excluding carboxylic acids is 1. The fraction of sp³-hybridized carbons (Fsp3) is 0.400. The SMILES string of the molecule is COC(=O)c1ccc2c(N3CCN(C)CC3)nc(N)nc2c1. The fourth-order valence-corrected chi connectivity index (χ4v) is 2.63. The Labute approximate surface area is 128 Å². The standard InChI is InChI=1S/C15H19N5O2/c1-19-5-7-20(8-6-19)13-11-4-3-10(14(21)22-2)9-12(11)17-15(16)18-13/h3-4,9H,5-8H2,1-2H3,(H2,16,17,18). The van der Waals surface area contributed by atoms with Gasteiger partial charge in [-0.15, -0.1) is 0 Å². The molecule has 3 rings (SSSR count). The molecule has 116 valence electrons. The number of methoxy groups -OCH3 is 1. The summed E-state index contributed by atoms with van der Waals surface area (Å²) >= 11 is 0. The van der Waals surface area contributed by atoms with Crippen molar-refractivity contribution in [3.8, 4) is 0 Å². The molecule has 0 aliphatic carbocycles. The minimum absolute atomic E-state index is 0.212. The van der Waals surface area contributed by atoms with Gasteiger partial charge < -0.3 is 20.3 Å². The van der Waals surface area contributed by atoms with E-state index in [-0.39, 0.29) is 11.9 Å². The van der Waals surface area contributed by atoms with E-state index in [0.717, 1.165) is 37.4 Å². The van der Waals surface area contributed by atoms with Crippen LogP contribution in [-0.4, -0.2) is 61.2 Å². The topological polar surface area (TPSA) is 84.6 Å². The highest BCUT2D eigenvalue weighted by molar-refractivity contribution is 5.97. The molecule has 1 aromatic carbocycles. The Hall–Kier alpha value is -2.41. The number of aromatic nitrogens is 2. The van der Waals surface area contributed by atoms with Crippen LogP contribution in [0.2, 0.25) is 0 Å². The normalized spacial score (nSPS) is 16.0. The number of nitrogens with two attached hydrogens (primary N) is 1. The van der Waals surface area contributed by atoms with E-state index in [2.05, 4.69) is 26.8 Å². The number of anilines is 2. The van der Waals surface area contributed by atoms with E-state index in [1.807, 2.05) is 6.07 Å². The Kier molecular flexibility index (Phi) is 3.81. The third kappa shape index (κ3) is 2.67. The lowest BCUT2D eigenvalue weighted by Crippen LogP contribution is -2.45.